The molecule has 4 aromatic carbocycles. The molecule has 0 fully saturated rings. The number of nitrogens with zero attached hydrogens (tertiary/aromatic N) is 1. The van der Waals surface area contributed by atoms with E-state index in [0.717, 1.165) is 16.9 Å². The number of benzene rings is 4. The molecule has 0 radical (unpaired) electrons. The number of sulfonamides is 1. The highest BCUT2D eigenvalue weighted by Crippen LogP contribution is 2.37. The number of fused-ring (bicyclic) bond motifs is 1. The minimum Gasteiger partial charge on any atom is -0.476 e. The molecule has 38 heavy (non-hydrogen) atoms. The van der Waals surface area contributed by atoms with E-state index in [1.165, 1.54) is 33.5 Å². The maximum atomic E-state index is 13.5. The van der Waals surface area contributed by atoms with Crippen LogP contribution < -0.4 is 14.4 Å². The number of halogens is 1. The summed E-state index contributed by atoms with van der Waals surface area (Å²) in [5.41, 5.74) is 3.07. The second kappa shape index (κ2) is 11.1. The lowest BCUT2D eigenvalue weighted by Gasteiger charge is -2.34. The number of aryl methyl sites for hydroxylation is 1. The van der Waals surface area contributed by atoms with Gasteiger partial charge in [0.15, 0.2) is 6.10 Å². The number of rotatable bonds is 7. The lowest BCUT2D eigenvalue weighted by molar-refractivity contribution is -0.122. The number of ether oxygens (including phenoxy) is 1. The third kappa shape index (κ3) is 5.67. The van der Waals surface area contributed by atoms with E-state index >= 15 is 0 Å². The van der Waals surface area contributed by atoms with Crippen molar-refractivity contribution in [1.82, 2.24) is 0 Å². The van der Waals surface area contributed by atoms with Crippen LogP contribution >= 0.6 is 23.4 Å². The maximum absolute atomic E-state index is 13.5. The van der Waals surface area contributed by atoms with Crippen LogP contribution in [0.4, 0.5) is 11.4 Å². The SMILES string of the molecule is Cc1cc(CSc2ccccc2)ccc1NC(=O)C1CN(S(=O)(=O)c2ccc(Cl)cc2)c2ccccc2O1. The number of hydrogen-bond donors (Lipinski definition) is 1. The zero-order valence-corrected chi connectivity index (χ0v) is 22.9. The quantitative estimate of drug-likeness (QED) is 0.258. The number of hydrogen-bond acceptors (Lipinski definition) is 5. The predicted molar refractivity (Wildman–Crippen MR) is 153 cm³/mol. The Morgan fingerprint density at radius 1 is 1.00 bits per heavy atom. The molecule has 1 aliphatic rings. The molecule has 4 aromatic rings. The fourth-order valence-corrected chi connectivity index (χ4v) is 6.62. The molecule has 0 aromatic heterocycles. The third-order valence-corrected chi connectivity index (χ3v) is 9.26. The first-order chi connectivity index (χ1) is 18.3. The number of para-hydroxylation sites is 2. The van der Waals surface area contributed by atoms with E-state index in [0.29, 0.717) is 22.1 Å². The van der Waals surface area contributed by atoms with Crippen molar-refractivity contribution in [3.63, 3.8) is 0 Å². The van der Waals surface area contributed by atoms with Crippen molar-refractivity contribution in [2.24, 2.45) is 0 Å². The summed E-state index contributed by atoms with van der Waals surface area (Å²) in [5, 5.41) is 3.36. The number of thioether (sulfide) groups is 1. The molecule has 0 aliphatic carbocycles. The summed E-state index contributed by atoms with van der Waals surface area (Å²) >= 11 is 7.70. The topological polar surface area (TPSA) is 75.7 Å². The summed E-state index contributed by atoms with van der Waals surface area (Å²) in [4.78, 5) is 14.6. The molecule has 5 rings (SSSR count). The number of carbonyl (C=O) groups is 1. The van der Waals surface area contributed by atoms with E-state index in [9.17, 15) is 13.2 Å². The normalized spacial score (nSPS) is 14.9. The number of anilines is 2. The second-order valence-electron chi connectivity index (χ2n) is 8.80. The van der Waals surface area contributed by atoms with Crippen LogP contribution in [0.2, 0.25) is 5.02 Å². The molecule has 1 heterocycles. The smallest absolute Gasteiger partial charge is 0.267 e. The predicted octanol–water partition coefficient (Wildman–Crippen LogP) is 6.54. The lowest BCUT2D eigenvalue weighted by atomic mass is 10.1. The number of amides is 1. The number of nitrogens with one attached hydrogen (secondary N) is 1. The van der Waals surface area contributed by atoms with Crippen molar-refractivity contribution in [2.75, 3.05) is 16.2 Å². The van der Waals surface area contributed by atoms with Gasteiger partial charge in [-0.1, -0.05) is 54.1 Å². The summed E-state index contributed by atoms with van der Waals surface area (Å²) in [6.45, 7) is 1.76. The Morgan fingerprint density at radius 3 is 2.45 bits per heavy atom. The van der Waals surface area contributed by atoms with Gasteiger partial charge < -0.3 is 10.1 Å². The molecule has 1 atom stereocenters. The van der Waals surface area contributed by atoms with Gasteiger partial charge in [-0.05, 0) is 72.6 Å². The Hall–Kier alpha value is -3.46. The summed E-state index contributed by atoms with van der Waals surface area (Å²) < 4.78 is 34.2. The van der Waals surface area contributed by atoms with Gasteiger partial charge in [-0.3, -0.25) is 9.10 Å². The van der Waals surface area contributed by atoms with Crippen LogP contribution in [0.5, 0.6) is 5.75 Å². The van der Waals surface area contributed by atoms with Gasteiger partial charge in [0, 0.05) is 21.4 Å². The van der Waals surface area contributed by atoms with Gasteiger partial charge in [0.2, 0.25) is 0 Å². The highest BCUT2D eigenvalue weighted by Gasteiger charge is 2.37. The van der Waals surface area contributed by atoms with Gasteiger partial charge in [-0.2, -0.15) is 0 Å². The molecular formula is C29H25ClN2O4S2. The molecule has 1 N–H and O–H groups in total. The van der Waals surface area contributed by atoms with Gasteiger partial charge in [-0.15, -0.1) is 11.8 Å². The first-order valence-corrected chi connectivity index (χ1v) is 14.7. The first-order valence-electron chi connectivity index (χ1n) is 11.9. The van der Waals surface area contributed by atoms with Crippen LogP contribution in [0.25, 0.3) is 0 Å². The Balaban J connectivity index is 1.33. The average molecular weight is 565 g/mol. The summed E-state index contributed by atoms with van der Waals surface area (Å²) in [6, 6.07) is 28.8. The highest BCUT2D eigenvalue weighted by atomic mass is 35.5. The van der Waals surface area contributed by atoms with E-state index < -0.39 is 22.0 Å². The average Bonchev–Trinajstić information content (AvgIpc) is 2.93. The molecule has 0 saturated heterocycles. The molecule has 9 heteroatoms. The van der Waals surface area contributed by atoms with Crippen LogP contribution in [0.1, 0.15) is 11.1 Å². The zero-order valence-electron chi connectivity index (χ0n) is 20.5. The van der Waals surface area contributed by atoms with E-state index in [1.807, 2.05) is 43.3 Å². The van der Waals surface area contributed by atoms with E-state index in [-0.39, 0.29) is 11.4 Å². The van der Waals surface area contributed by atoms with Crippen molar-refractivity contribution < 1.29 is 17.9 Å². The van der Waals surface area contributed by atoms with Crippen LogP contribution in [-0.4, -0.2) is 27.0 Å². The summed E-state index contributed by atoms with van der Waals surface area (Å²) in [7, 11) is -3.96. The fraction of sp³-hybridized carbons (Fsp3) is 0.138. The largest absolute Gasteiger partial charge is 0.476 e. The highest BCUT2D eigenvalue weighted by molar-refractivity contribution is 7.98. The van der Waals surface area contributed by atoms with Crippen molar-refractivity contribution >= 4 is 50.7 Å². The lowest BCUT2D eigenvalue weighted by Crippen LogP contribution is -2.48. The summed E-state index contributed by atoms with van der Waals surface area (Å²) in [5.74, 6) is 0.700. The van der Waals surface area contributed by atoms with Gasteiger partial charge >= 0.3 is 0 Å². The minimum absolute atomic E-state index is 0.0811. The first kappa shape index (κ1) is 26.2. The molecule has 1 unspecified atom stereocenters. The van der Waals surface area contributed by atoms with E-state index in [2.05, 4.69) is 17.4 Å². The van der Waals surface area contributed by atoms with Crippen molar-refractivity contribution in [3.05, 3.63) is 113 Å². The molecule has 1 aliphatic heterocycles. The Bertz CT molecular complexity index is 1560. The van der Waals surface area contributed by atoms with E-state index in [4.69, 9.17) is 16.3 Å². The molecule has 6 nitrogen and oxygen atoms in total. The van der Waals surface area contributed by atoms with Gasteiger partial charge in [0.25, 0.3) is 15.9 Å². The van der Waals surface area contributed by atoms with E-state index in [1.54, 1.807) is 36.0 Å². The van der Waals surface area contributed by atoms with Crippen molar-refractivity contribution in [3.8, 4) is 5.75 Å². The van der Waals surface area contributed by atoms with Crippen LogP contribution in [0.3, 0.4) is 0 Å². The molecule has 1 amide bonds. The molecule has 0 spiro atoms. The molecule has 0 bridgehead atoms. The number of carbonyl (C=O) groups excluding carboxylic acids is 1. The maximum Gasteiger partial charge on any atom is 0.267 e. The van der Waals surface area contributed by atoms with Gasteiger partial charge in [0.1, 0.15) is 5.75 Å². The molecular weight excluding hydrogens is 540 g/mol. The van der Waals surface area contributed by atoms with Gasteiger partial charge in [0.05, 0.1) is 17.1 Å². The van der Waals surface area contributed by atoms with Crippen LogP contribution in [0.15, 0.2) is 107 Å². The molecule has 0 saturated carbocycles. The third-order valence-electron chi connectivity index (χ3n) is 6.13. The molecule has 194 valence electrons. The van der Waals surface area contributed by atoms with Crippen LogP contribution in [0, 0.1) is 6.92 Å². The van der Waals surface area contributed by atoms with Crippen LogP contribution in [-0.2, 0) is 20.6 Å². The van der Waals surface area contributed by atoms with Crippen molar-refractivity contribution in [2.45, 2.75) is 28.6 Å². The Kier molecular flexibility index (Phi) is 7.65. The minimum atomic E-state index is -3.96. The second-order valence-corrected chi connectivity index (χ2v) is 12.2. The summed E-state index contributed by atoms with van der Waals surface area (Å²) in [6.07, 6.45) is -1.04. The van der Waals surface area contributed by atoms with Crippen molar-refractivity contribution in [1.29, 1.82) is 0 Å². The standard InChI is InChI=1S/C29H25ClN2O4S2/c1-20-17-21(19-37-23-7-3-2-4-8-23)11-16-25(20)31-29(33)28-18-32(26-9-5-6-10-27(26)36-28)38(34,35)24-14-12-22(30)13-15-24/h2-17,28H,18-19H2,1H3,(H,31,33). The fourth-order valence-electron chi connectivity index (χ4n) is 4.15. The Labute approximate surface area is 231 Å². The zero-order chi connectivity index (χ0) is 26.7. The van der Waals surface area contributed by atoms with Gasteiger partial charge in [-0.25, -0.2) is 8.42 Å². The monoisotopic (exact) mass is 564 g/mol. The Morgan fingerprint density at radius 2 is 1.71 bits per heavy atom.